The van der Waals surface area contributed by atoms with E-state index in [1.807, 2.05) is 0 Å². The number of aliphatic carboxylic acids is 1. The number of halogens is 4. The molecule has 210 valence electrons. The zero-order valence-corrected chi connectivity index (χ0v) is 24.0. The Bertz CT molecular complexity index is 1660. The summed E-state index contributed by atoms with van der Waals surface area (Å²) in [5, 5.41) is 11.0. The number of anilines is 1. The van der Waals surface area contributed by atoms with Crippen LogP contribution in [0.15, 0.2) is 60.0 Å². The van der Waals surface area contributed by atoms with Gasteiger partial charge in [-0.25, -0.2) is 19.6 Å². The molecular weight excluding hydrogens is 616 g/mol. The van der Waals surface area contributed by atoms with E-state index in [0.717, 1.165) is 0 Å². The second-order valence-electron chi connectivity index (χ2n) is 8.46. The number of aromatic amines is 1. The first-order chi connectivity index (χ1) is 19.6. The van der Waals surface area contributed by atoms with Crippen molar-refractivity contribution in [1.82, 2.24) is 15.0 Å². The van der Waals surface area contributed by atoms with E-state index in [0.29, 0.717) is 11.4 Å². The van der Waals surface area contributed by atoms with Gasteiger partial charge in [-0.15, -0.1) is 0 Å². The van der Waals surface area contributed by atoms with Gasteiger partial charge in [-0.2, -0.15) is 0 Å². The Kier molecular flexibility index (Phi) is 9.61. The van der Waals surface area contributed by atoms with Crippen LogP contribution in [0.5, 0.6) is 5.75 Å². The third-order valence-electron chi connectivity index (χ3n) is 5.60. The fourth-order valence-corrected chi connectivity index (χ4v) is 4.65. The number of imidazole rings is 1. The third kappa shape index (κ3) is 7.04. The second-order valence-corrected chi connectivity index (χ2v) is 9.98. The molecule has 4 rings (SSSR count). The number of ether oxygens (including phenoxy) is 1. The van der Waals surface area contributed by atoms with Crippen LogP contribution in [0, 0.1) is 6.92 Å². The molecule has 14 heteroatoms. The van der Waals surface area contributed by atoms with E-state index in [-0.39, 0.29) is 49.2 Å². The largest absolute Gasteiger partial charge is 0.480 e. The molecule has 2 aromatic carbocycles. The van der Waals surface area contributed by atoms with E-state index in [4.69, 9.17) is 51.1 Å². The molecule has 1 atom stereocenters. The highest BCUT2D eigenvalue weighted by Crippen LogP contribution is 2.42. The standard InChI is InChI=1S/C27H19Cl4N5O5/c1-13-5-4-8-18(35-13)36-25(37)19-20(22(29)24(31)23(30)21(19)28)27(40)41-17-7-3-2-6-14(17)10-33-16(26(38)39)9-15-11-32-12-34-15/h2-8,10-12,16H,9H2,1H3,(H,32,34)(H,38,39)(H,35,36,37). The first-order valence-corrected chi connectivity index (χ1v) is 13.2. The number of benzene rings is 2. The average Bonchev–Trinajstić information content (AvgIpc) is 3.45. The summed E-state index contributed by atoms with van der Waals surface area (Å²) in [6, 6.07) is 10.0. The number of aromatic nitrogens is 3. The van der Waals surface area contributed by atoms with Gasteiger partial charge in [-0.1, -0.05) is 64.6 Å². The molecule has 0 saturated heterocycles. The van der Waals surface area contributed by atoms with Crippen LogP contribution in [0.1, 0.15) is 37.7 Å². The number of nitrogens with one attached hydrogen (secondary N) is 2. The van der Waals surface area contributed by atoms with Gasteiger partial charge >= 0.3 is 11.9 Å². The predicted octanol–water partition coefficient (Wildman–Crippen LogP) is 6.31. The number of carbonyl (C=O) groups is 3. The number of aliphatic imine (C=N–C) groups is 1. The van der Waals surface area contributed by atoms with Gasteiger partial charge in [0.1, 0.15) is 11.6 Å². The number of carbonyl (C=O) groups excluding carboxylic acids is 2. The topological polar surface area (TPSA) is 147 Å². The number of pyridine rings is 1. The molecule has 10 nitrogen and oxygen atoms in total. The van der Waals surface area contributed by atoms with E-state index in [2.05, 4.69) is 25.3 Å². The highest BCUT2D eigenvalue weighted by molar-refractivity contribution is 6.54. The zero-order chi connectivity index (χ0) is 29.7. The number of nitrogens with zero attached hydrogens (tertiary/aromatic N) is 3. The SMILES string of the molecule is Cc1cccc(NC(=O)c2c(Cl)c(Cl)c(Cl)c(Cl)c2C(=O)Oc2ccccc2C=NC(Cc2cnc[nH]2)C(=O)O)n1. The summed E-state index contributed by atoms with van der Waals surface area (Å²) in [5.74, 6) is -2.89. The average molecular weight is 635 g/mol. The Morgan fingerprint density at radius 2 is 1.73 bits per heavy atom. The summed E-state index contributed by atoms with van der Waals surface area (Å²) in [6.07, 6.45) is 4.24. The van der Waals surface area contributed by atoms with Crippen LogP contribution in [0.3, 0.4) is 0 Å². The third-order valence-corrected chi connectivity index (χ3v) is 7.40. The number of hydrogen-bond acceptors (Lipinski definition) is 7. The molecule has 1 unspecified atom stereocenters. The number of amides is 1. The minimum absolute atomic E-state index is 0.00287. The molecule has 2 heterocycles. The molecule has 3 N–H and O–H groups in total. The van der Waals surface area contributed by atoms with Crippen molar-refractivity contribution in [2.24, 2.45) is 4.99 Å². The lowest BCUT2D eigenvalue weighted by atomic mass is 10.1. The minimum atomic E-state index is -1.17. The smallest absolute Gasteiger partial charge is 0.346 e. The van der Waals surface area contributed by atoms with Crippen LogP contribution in [-0.4, -0.2) is 50.2 Å². The highest BCUT2D eigenvalue weighted by atomic mass is 35.5. The number of aryl methyl sites for hydroxylation is 1. The van der Waals surface area contributed by atoms with E-state index in [1.54, 1.807) is 43.3 Å². The Labute approximate surface area is 253 Å². The number of para-hydroxylation sites is 1. The molecule has 0 aliphatic heterocycles. The molecule has 0 aliphatic rings. The Balaban J connectivity index is 1.67. The number of carboxylic acids is 1. The fraction of sp³-hybridized carbons (Fsp3) is 0.111. The zero-order valence-electron chi connectivity index (χ0n) is 21.0. The normalized spacial score (nSPS) is 11.8. The van der Waals surface area contributed by atoms with Gasteiger partial charge in [0.15, 0.2) is 6.04 Å². The van der Waals surface area contributed by atoms with Crippen molar-refractivity contribution in [3.8, 4) is 5.75 Å². The second kappa shape index (κ2) is 13.1. The molecule has 0 bridgehead atoms. The summed E-state index contributed by atoms with van der Waals surface area (Å²) in [7, 11) is 0. The van der Waals surface area contributed by atoms with E-state index < -0.39 is 29.5 Å². The Hall–Kier alpha value is -3.96. The number of hydrogen-bond donors (Lipinski definition) is 3. The molecule has 1 amide bonds. The van der Waals surface area contributed by atoms with Crippen LogP contribution in [0.25, 0.3) is 0 Å². The summed E-state index contributed by atoms with van der Waals surface area (Å²) < 4.78 is 5.59. The van der Waals surface area contributed by atoms with Gasteiger partial charge in [0.05, 0.1) is 37.5 Å². The van der Waals surface area contributed by atoms with Crippen molar-refractivity contribution in [2.75, 3.05) is 5.32 Å². The molecule has 41 heavy (non-hydrogen) atoms. The lowest BCUT2D eigenvalue weighted by molar-refractivity contribution is -0.138. The summed E-state index contributed by atoms with van der Waals surface area (Å²) in [5.41, 5.74) is 0.663. The van der Waals surface area contributed by atoms with Crippen LogP contribution in [0.4, 0.5) is 5.82 Å². The van der Waals surface area contributed by atoms with Gasteiger partial charge in [0, 0.05) is 35.8 Å². The molecule has 2 aromatic heterocycles. The summed E-state index contributed by atoms with van der Waals surface area (Å²) >= 11 is 25.2. The lowest BCUT2D eigenvalue weighted by Gasteiger charge is -2.16. The molecule has 0 spiro atoms. The van der Waals surface area contributed by atoms with Gasteiger partial charge in [0.2, 0.25) is 0 Å². The molecule has 0 aliphatic carbocycles. The predicted molar refractivity (Wildman–Crippen MR) is 156 cm³/mol. The Morgan fingerprint density at radius 1 is 1.02 bits per heavy atom. The monoisotopic (exact) mass is 633 g/mol. The van der Waals surface area contributed by atoms with E-state index in [1.165, 1.54) is 24.8 Å². The number of rotatable bonds is 9. The minimum Gasteiger partial charge on any atom is -0.480 e. The van der Waals surface area contributed by atoms with E-state index in [9.17, 15) is 19.5 Å². The molecule has 0 radical (unpaired) electrons. The van der Waals surface area contributed by atoms with Crippen molar-refractivity contribution in [2.45, 2.75) is 19.4 Å². The van der Waals surface area contributed by atoms with Crippen LogP contribution in [-0.2, 0) is 11.2 Å². The maximum absolute atomic E-state index is 13.5. The molecule has 4 aromatic rings. The van der Waals surface area contributed by atoms with Crippen molar-refractivity contribution in [3.63, 3.8) is 0 Å². The first-order valence-electron chi connectivity index (χ1n) is 11.7. The maximum atomic E-state index is 13.5. The van der Waals surface area contributed by atoms with Gasteiger partial charge in [-0.3, -0.25) is 9.79 Å². The van der Waals surface area contributed by atoms with Crippen LogP contribution in [0.2, 0.25) is 20.1 Å². The molecular formula is C27H19Cl4N5O5. The first kappa shape index (κ1) is 30.0. The number of carboxylic acid groups (broad SMARTS) is 1. The fourth-order valence-electron chi connectivity index (χ4n) is 3.64. The van der Waals surface area contributed by atoms with Crippen LogP contribution < -0.4 is 10.1 Å². The quantitative estimate of drug-likeness (QED) is 0.0642. The maximum Gasteiger partial charge on any atom is 0.346 e. The number of H-pyrrole nitrogens is 1. The number of esters is 1. The van der Waals surface area contributed by atoms with Crippen molar-refractivity contribution < 1.29 is 24.2 Å². The lowest BCUT2D eigenvalue weighted by Crippen LogP contribution is -2.22. The molecule has 0 saturated carbocycles. The van der Waals surface area contributed by atoms with Gasteiger partial charge < -0.3 is 20.1 Å². The summed E-state index contributed by atoms with van der Waals surface area (Å²) in [6.45, 7) is 1.73. The van der Waals surface area contributed by atoms with Gasteiger partial charge in [-0.05, 0) is 31.2 Å². The van der Waals surface area contributed by atoms with Crippen molar-refractivity contribution >= 4 is 76.3 Å². The molecule has 0 fully saturated rings. The van der Waals surface area contributed by atoms with Crippen molar-refractivity contribution in [3.05, 3.63) is 103 Å². The van der Waals surface area contributed by atoms with Crippen LogP contribution >= 0.6 is 46.4 Å². The Morgan fingerprint density at radius 3 is 2.39 bits per heavy atom. The summed E-state index contributed by atoms with van der Waals surface area (Å²) in [4.78, 5) is 53.6. The van der Waals surface area contributed by atoms with Gasteiger partial charge in [0.25, 0.3) is 5.91 Å². The highest BCUT2D eigenvalue weighted by Gasteiger charge is 2.31. The van der Waals surface area contributed by atoms with Crippen molar-refractivity contribution in [1.29, 1.82) is 0 Å². The van der Waals surface area contributed by atoms with E-state index >= 15 is 0 Å².